The van der Waals surface area contributed by atoms with Gasteiger partial charge in [0, 0.05) is 0 Å². The summed E-state index contributed by atoms with van der Waals surface area (Å²) in [7, 11) is -3.64. The van der Waals surface area contributed by atoms with Gasteiger partial charge in [-0.3, -0.25) is 4.79 Å². The van der Waals surface area contributed by atoms with Gasteiger partial charge < -0.3 is 0 Å². The van der Waals surface area contributed by atoms with E-state index in [1.54, 1.807) is 0 Å². The van der Waals surface area contributed by atoms with Crippen molar-refractivity contribution in [2.75, 3.05) is 0 Å². The quantitative estimate of drug-likeness (QED) is 0.527. The molecule has 1 aromatic heterocycles. The number of carbonyl (C=O) groups excluding carboxylic acids is 1. The van der Waals surface area contributed by atoms with Gasteiger partial charge in [0.2, 0.25) is 10.0 Å². The summed E-state index contributed by atoms with van der Waals surface area (Å²) in [6, 6.07) is 2.86. The highest BCUT2D eigenvalue weighted by atomic mass is 32.2. The number of sulfonamides is 1. The first-order valence-corrected chi connectivity index (χ1v) is 5.48. The standard InChI is InChI=1S/C7H5NO3S2/c8-13(10,11)7-4-3-6(12-7)2-1-5-9/h3-5H,(H2,8,10,11). The van der Waals surface area contributed by atoms with E-state index in [-0.39, 0.29) is 4.21 Å². The lowest BCUT2D eigenvalue weighted by Crippen LogP contribution is -2.09. The summed E-state index contributed by atoms with van der Waals surface area (Å²) < 4.78 is 21.6. The first kappa shape index (κ1) is 9.92. The molecular formula is C7H5NO3S2. The van der Waals surface area contributed by atoms with Crippen molar-refractivity contribution in [2.24, 2.45) is 5.14 Å². The van der Waals surface area contributed by atoms with Crippen LogP contribution in [-0.4, -0.2) is 14.7 Å². The Bertz CT molecular complexity index is 475. The molecule has 2 N–H and O–H groups in total. The zero-order valence-corrected chi connectivity index (χ0v) is 7.98. The average molecular weight is 215 g/mol. The molecule has 0 spiro atoms. The van der Waals surface area contributed by atoms with Gasteiger partial charge in [-0.2, -0.15) is 0 Å². The number of nitrogens with two attached hydrogens (primary N) is 1. The fourth-order valence-corrected chi connectivity index (χ4v) is 2.23. The molecule has 0 aromatic carbocycles. The molecule has 0 aliphatic carbocycles. The molecular weight excluding hydrogens is 210 g/mol. The fourth-order valence-electron chi connectivity index (χ4n) is 0.641. The average Bonchev–Trinajstić information content (AvgIpc) is 2.47. The Morgan fingerprint density at radius 1 is 1.46 bits per heavy atom. The molecule has 0 saturated carbocycles. The van der Waals surface area contributed by atoms with E-state index in [1.807, 2.05) is 0 Å². The van der Waals surface area contributed by atoms with E-state index in [1.165, 1.54) is 12.1 Å². The molecule has 68 valence electrons. The van der Waals surface area contributed by atoms with Gasteiger partial charge >= 0.3 is 0 Å². The fraction of sp³-hybridized carbons (Fsp3) is 0. The molecule has 0 unspecified atom stereocenters. The Kier molecular flexibility index (Phi) is 2.83. The van der Waals surface area contributed by atoms with Crippen LogP contribution in [0.5, 0.6) is 0 Å². The third-order valence-electron chi connectivity index (χ3n) is 1.12. The molecule has 0 saturated heterocycles. The third kappa shape index (κ3) is 2.66. The Balaban J connectivity index is 3.07. The molecule has 0 bridgehead atoms. The number of primary sulfonamides is 1. The van der Waals surface area contributed by atoms with Crippen LogP contribution in [0.2, 0.25) is 0 Å². The summed E-state index contributed by atoms with van der Waals surface area (Å²) in [6.45, 7) is 0. The Morgan fingerprint density at radius 3 is 2.62 bits per heavy atom. The number of rotatable bonds is 1. The molecule has 1 rings (SSSR count). The monoisotopic (exact) mass is 215 g/mol. The van der Waals surface area contributed by atoms with E-state index in [9.17, 15) is 13.2 Å². The van der Waals surface area contributed by atoms with Crippen LogP contribution in [0.25, 0.3) is 0 Å². The Hall–Kier alpha value is -1.16. The minimum Gasteiger partial charge on any atom is -0.289 e. The lowest BCUT2D eigenvalue weighted by atomic mass is 10.5. The van der Waals surface area contributed by atoms with Gasteiger partial charge in [-0.15, -0.1) is 11.3 Å². The topological polar surface area (TPSA) is 77.2 Å². The summed E-state index contributed by atoms with van der Waals surface area (Å²) in [5.41, 5.74) is 0. The van der Waals surface area contributed by atoms with Gasteiger partial charge in [0.05, 0.1) is 4.88 Å². The van der Waals surface area contributed by atoms with Crippen LogP contribution in [0.15, 0.2) is 16.3 Å². The number of hydrogen-bond donors (Lipinski definition) is 1. The Labute approximate surface area is 79.4 Å². The maximum Gasteiger partial charge on any atom is 0.247 e. The van der Waals surface area contributed by atoms with Crippen molar-refractivity contribution in [2.45, 2.75) is 4.21 Å². The largest absolute Gasteiger partial charge is 0.289 e. The van der Waals surface area contributed by atoms with E-state index >= 15 is 0 Å². The molecule has 13 heavy (non-hydrogen) atoms. The van der Waals surface area contributed by atoms with E-state index in [4.69, 9.17) is 5.14 Å². The van der Waals surface area contributed by atoms with Crippen molar-refractivity contribution in [1.29, 1.82) is 0 Å². The maximum atomic E-state index is 10.8. The van der Waals surface area contributed by atoms with Crippen molar-refractivity contribution < 1.29 is 13.2 Å². The van der Waals surface area contributed by atoms with Crippen molar-refractivity contribution >= 4 is 27.6 Å². The molecule has 0 aliphatic heterocycles. The number of carbonyl (C=O) groups is 1. The van der Waals surface area contributed by atoms with Crippen LogP contribution in [0.3, 0.4) is 0 Å². The SMILES string of the molecule is NS(=O)(=O)c1ccc(C#CC=O)s1. The van der Waals surface area contributed by atoms with Gasteiger partial charge in [-0.25, -0.2) is 13.6 Å². The zero-order chi connectivity index (χ0) is 9.90. The van der Waals surface area contributed by atoms with Crippen LogP contribution in [-0.2, 0) is 14.8 Å². The van der Waals surface area contributed by atoms with Gasteiger partial charge in [-0.05, 0) is 24.0 Å². The highest BCUT2D eigenvalue weighted by Gasteiger charge is 2.09. The van der Waals surface area contributed by atoms with E-state index in [2.05, 4.69) is 11.8 Å². The van der Waals surface area contributed by atoms with E-state index < -0.39 is 10.0 Å². The zero-order valence-electron chi connectivity index (χ0n) is 6.35. The first-order chi connectivity index (χ1) is 6.04. The first-order valence-electron chi connectivity index (χ1n) is 3.12. The molecule has 0 amide bonds. The second-order valence-corrected chi connectivity index (χ2v) is 4.92. The van der Waals surface area contributed by atoms with Crippen molar-refractivity contribution in [3.05, 3.63) is 17.0 Å². The minimum atomic E-state index is -3.64. The summed E-state index contributed by atoms with van der Waals surface area (Å²) in [5, 5.41) is 4.86. The van der Waals surface area contributed by atoms with Crippen LogP contribution in [0, 0.1) is 11.8 Å². The maximum absolute atomic E-state index is 10.8. The molecule has 4 nitrogen and oxygen atoms in total. The lowest BCUT2D eigenvalue weighted by Gasteiger charge is -1.87. The third-order valence-corrected chi connectivity index (χ3v) is 3.56. The summed E-state index contributed by atoms with van der Waals surface area (Å²) in [4.78, 5) is 10.4. The number of hydrogen-bond acceptors (Lipinski definition) is 4. The molecule has 0 fully saturated rings. The van der Waals surface area contributed by atoms with Crippen molar-refractivity contribution in [1.82, 2.24) is 0 Å². The smallest absolute Gasteiger partial charge is 0.247 e. The van der Waals surface area contributed by atoms with Crippen LogP contribution in [0.1, 0.15) is 4.88 Å². The second kappa shape index (κ2) is 3.70. The predicted octanol–water partition coefficient (Wildman–Crippen LogP) is -0.0541. The van der Waals surface area contributed by atoms with Crippen LogP contribution >= 0.6 is 11.3 Å². The molecule has 0 aliphatic rings. The van der Waals surface area contributed by atoms with E-state index in [0.29, 0.717) is 11.2 Å². The summed E-state index contributed by atoms with van der Waals surface area (Å²) in [5.74, 6) is 4.64. The van der Waals surface area contributed by atoms with Crippen molar-refractivity contribution in [3.63, 3.8) is 0 Å². The Morgan fingerprint density at radius 2 is 2.15 bits per heavy atom. The van der Waals surface area contributed by atoms with Crippen molar-refractivity contribution in [3.8, 4) is 11.8 Å². The molecule has 1 aromatic rings. The lowest BCUT2D eigenvalue weighted by molar-refractivity contribution is -0.103. The van der Waals surface area contributed by atoms with Gasteiger partial charge in [0.25, 0.3) is 0 Å². The van der Waals surface area contributed by atoms with Gasteiger partial charge in [0.1, 0.15) is 4.21 Å². The molecule has 1 heterocycles. The van der Waals surface area contributed by atoms with E-state index in [0.717, 1.165) is 11.3 Å². The summed E-state index contributed by atoms with van der Waals surface area (Å²) >= 11 is 0.934. The molecule has 0 radical (unpaired) electrons. The molecule has 0 atom stereocenters. The highest BCUT2D eigenvalue weighted by Crippen LogP contribution is 2.18. The highest BCUT2D eigenvalue weighted by molar-refractivity contribution is 7.91. The van der Waals surface area contributed by atoms with Gasteiger partial charge in [-0.1, -0.05) is 0 Å². The second-order valence-electron chi connectivity index (χ2n) is 2.05. The normalized spacial score (nSPS) is 10.2. The predicted molar refractivity (Wildman–Crippen MR) is 48.6 cm³/mol. The van der Waals surface area contributed by atoms with Crippen LogP contribution in [0.4, 0.5) is 0 Å². The number of thiophene rings is 1. The summed E-state index contributed by atoms with van der Waals surface area (Å²) in [6.07, 6.45) is 0.441. The van der Waals surface area contributed by atoms with Gasteiger partial charge in [0.15, 0.2) is 6.29 Å². The van der Waals surface area contributed by atoms with Crippen LogP contribution < -0.4 is 5.14 Å². The minimum absolute atomic E-state index is 0.0442. The molecule has 6 heteroatoms. The number of aldehydes is 1.